The minimum atomic E-state index is -0.311. The predicted molar refractivity (Wildman–Crippen MR) is 83.2 cm³/mol. The monoisotopic (exact) mass is 283 g/mol. The van der Waals surface area contributed by atoms with Crippen LogP contribution in [0.4, 0.5) is 5.82 Å². The number of nitrogens with zero attached hydrogens (tertiary/aromatic N) is 3. The lowest BCUT2D eigenvalue weighted by Crippen LogP contribution is -2.45. The van der Waals surface area contributed by atoms with Crippen molar-refractivity contribution in [3.8, 4) is 0 Å². The molecule has 0 bridgehead atoms. The molecule has 1 aromatic heterocycles. The van der Waals surface area contributed by atoms with Gasteiger partial charge in [-0.2, -0.15) is 0 Å². The van der Waals surface area contributed by atoms with Crippen LogP contribution in [0.25, 0.3) is 0 Å². The normalized spacial score (nSPS) is 22.3. The third-order valence-electron chi connectivity index (χ3n) is 4.15. The van der Waals surface area contributed by atoms with Crippen LogP contribution in [0.2, 0.25) is 0 Å². The fourth-order valence-corrected chi connectivity index (χ4v) is 2.96. The van der Waals surface area contributed by atoms with Crippen LogP contribution in [0.1, 0.15) is 17.8 Å². The van der Waals surface area contributed by atoms with E-state index in [1.54, 1.807) is 6.20 Å². The molecule has 1 saturated heterocycles. The average molecular weight is 283 g/mol. The molecular formula is C17H21N3O. The summed E-state index contributed by atoms with van der Waals surface area (Å²) < 4.78 is 0. The Morgan fingerprint density at radius 1 is 1.24 bits per heavy atom. The molecule has 2 aromatic rings. The highest BCUT2D eigenvalue weighted by Gasteiger charge is 2.28. The maximum Gasteiger partial charge on any atom is 0.132 e. The molecule has 1 aliphatic heterocycles. The highest BCUT2D eigenvalue weighted by atomic mass is 16.3. The SMILES string of the molecule is Cc1nccc(N2CC[C@H](Cc3ccccc3)[C@H](O)C2)n1. The number of hydrogen-bond donors (Lipinski definition) is 1. The van der Waals surface area contributed by atoms with Crippen molar-refractivity contribution in [1.82, 2.24) is 9.97 Å². The second-order valence-electron chi connectivity index (χ2n) is 5.71. The highest BCUT2D eigenvalue weighted by molar-refractivity contribution is 5.38. The third-order valence-corrected chi connectivity index (χ3v) is 4.15. The Morgan fingerprint density at radius 3 is 2.76 bits per heavy atom. The molecule has 4 heteroatoms. The van der Waals surface area contributed by atoms with Gasteiger partial charge in [-0.05, 0) is 37.3 Å². The van der Waals surface area contributed by atoms with Gasteiger partial charge in [-0.25, -0.2) is 9.97 Å². The van der Waals surface area contributed by atoms with Crippen molar-refractivity contribution in [2.75, 3.05) is 18.0 Å². The summed E-state index contributed by atoms with van der Waals surface area (Å²) in [4.78, 5) is 10.7. The lowest BCUT2D eigenvalue weighted by Gasteiger charge is -2.36. The Labute approximate surface area is 125 Å². The minimum Gasteiger partial charge on any atom is -0.391 e. The van der Waals surface area contributed by atoms with Gasteiger partial charge in [0.2, 0.25) is 0 Å². The maximum absolute atomic E-state index is 10.4. The van der Waals surface area contributed by atoms with Crippen LogP contribution in [0, 0.1) is 12.8 Å². The maximum atomic E-state index is 10.4. The zero-order chi connectivity index (χ0) is 14.7. The molecule has 1 aliphatic rings. The van der Waals surface area contributed by atoms with E-state index in [0.717, 1.165) is 31.0 Å². The topological polar surface area (TPSA) is 49.2 Å². The van der Waals surface area contributed by atoms with E-state index in [1.807, 2.05) is 19.1 Å². The number of benzene rings is 1. The summed E-state index contributed by atoms with van der Waals surface area (Å²) in [6, 6.07) is 12.3. The molecule has 0 amide bonds. The van der Waals surface area contributed by atoms with Crippen molar-refractivity contribution in [3.63, 3.8) is 0 Å². The molecule has 21 heavy (non-hydrogen) atoms. The molecule has 0 aliphatic carbocycles. The summed E-state index contributed by atoms with van der Waals surface area (Å²) in [6.45, 7) is 3.47. The standard InChI is InChI=1S/C17H21N3O/c1-13-18-9-7-17(19-13)20-10-8-15(16(21)12-20)11-14-5-3-2-4-6-14/h2-7,9,15-16,21H,8,10-12H2,1H3/t15-,16-/m1/s1. The highest BCUT2D eigenvalue weighted by Crippen LogP contribution is 2.25. The Bertz CT molecular complexity index is 588. The average Bonchev–Trinajstić information content (AvgIpc) is 2.50. The van der Waals surface area contributed by atoms with Crippen molar-refractivity contribution in [1.29, 1.82) is 0 Å². The molecule has 4 nitrogen and oxygen atoms in total. The second-order valence-corrected chi connectivity index (χ2v) is 5.71. The third kappa shape index (κ3) is 3.39. The van der Waals surface area contributed by atoms with E-state index in [1.165, 1.54) is 5.56 Å². The number of aliphatic hydroxyl groups excluding tert-OH is 1. The van der Waals surface area contributed by atoms with Gasteiger partial charge >= 0.3 is 0 Å². The zero-order valence-electron chi connectivity index (χ0n) is 12.3. The van der Waals surface area contributed by atoms with Gasteiger partial charge in [0, 0.05) is 19.3 Å². The summed E-state index contributed by atoms with van der Waals surface area (Å²) >= 11 is 0. The molecule has 0 unspecified atom stereocenters. The first-order valence-electron chi connectivity index (χ1n) is 7.49. The molecule has 2 heterocycles. The molecule has 3 rings (SSSR count). The fraction of sp³-hybridized carbons (Fsp3) is 0.412. The first-order valence-corrected chi connectivity index (χ1v) is 7.49. The van der Waals surface area contributed by atoms with Crippen molar-refractivity contribution in [2.24, 2.45) is 5.92 Å². The minimum absolute atomic E-state index is 0.311. The molecule has 2 atom stereocenters. The van der Waals surface area contributed by atoms with Gasteiger partial charge in [0.05, 0.1) is 6.10 Å². The number of aromatic nitrogens is 2. The molecule has 0 radical (unpaired) electrons. The van der Waals surface area contributed by atoms with E-state index in [2.05, 4.69) is 39.1 Å². The van der Waals surface area contributed by atoms with Gasteiger partial charge in [0.1, 0.15) is 11.6 Å². The van der Waals surface area contributed by atoms with Crippen LogP contribution >= 0.6 is 0 Å². The Morgan fingerprint density at radius 2 is 2.05 bits per heavy atom. The number of piperidine rings is 1. The lowest BCUT2D eigenvalue weighted by atomic mass is 9.88. The Hall–Kier alpha value is -1.94. The predicted octanol–water partition coefficient (Wildman–Crippen LogP) is 2.21. The van der Waals surface area contributed by atoms with Gasteiger partial charge < -0.3 is 10.0 Å². The molecule has 110 valence electrons. The van der Waals surface area contributed by atoms with Gasteiger partial charge in [-0.3, -0.25) is 0 Å². The van der Waals surface area contributed by atoms with Gasteiger partial charge in [0.25, 0.3) is 0 Å². The van der Waals surface area contributed by atoms with E-state index in [4.69, 9.17) is 0 Å². The number of anilines is 1. The number of aliphatic hydroxyl groups is 1. The van der Waals surface area contributed by atoms with Crippen molar-refractivity contribution in [2.45, 2.75) is 25.9 Å². The van der Waals surface area contributed by atoms with E-state index < -0.39 is 0 Å². The van der Waals surface area contributed by atoms with E-state index >= 15 is 0 Å². The molecular weight excluding hydrogens is 262 g/mol. The Balaban J connectivity index is 1.64. The summed E-state index contributed by atoms with van der Waals surface area (Å²) in [7, 11) is 0. The van der Waals surface area contributed by atoms with Crippen LogP contribution in [0.5, 0.6) is 0 Å². The summed E-state index contributed by atoms with van der Waals surface area (Å²) in [5.41, 5.74) is 1.30. The van der Waals surface area contributed by atoms with Gasteiger partial charge in [-0.1, -0.05) is 30.3 Å². The number of hydrogen-bond acceptors (Lipinski definition) is 4. The van der Waals surface area contributed by atoms with Crippen LogP contribution in [0.15, 0.2) is 42.6 Å². The number of β-amino-alcohol motifs (C(OH)–C–C–N with tert-alkyl or cyclic N) is 1. The van der Waals surface area contributed by atoms with Crippen LogP contribution in [-0.2, 0) is 6.42 Å². The van der Waals surface area contributed by atoms with Crippen LogP contribution in [-0.4, -0.2) is 34.3 Å². The molecule has 1 fully saturated rings. The second kappa shape index (κ2) is 6.22. The smallest absolute Gasteiger partial charge is 0.132 e. The fourth-order valence-electron chi connectivity index (χ4n) is 2.96. The Kier molecular flexibility index (Phi) is 4.15. The van der Waals surface area contributed by atoms with E-state index in [9.17, 15) is 5.11 Å². The molecule has 1 N–H and O–H groups in total. The van der Waals surface area contributed by atoms with Gasteiger partial charge in [-0.15, -0.1) is 0 Å². The van der Waals surface area contributed by atoms with Crippen molar-refractivity contribution in [3.05, 3.63) is 54.0 Å². The largest absolute Gasteiger partial charge is 0.391 e. The summed E-state index contributed by atoms with van der Waals surface area (Å²) in [5, 5.41) is 10.4. The van der Waals surface area contributed by atoms with E-state index in [0.29, 0.717) is 12.5 Å². The molecule has 0 saturated carbocycles. The zero-order valence-corrected chi connectivity index (χ0v) is 12.3. The van der Waals surface area contributed by atoms with E-state index in [-0.39, 0.29) is 6.10 Å². The van der Waals surface area contributed by atoms with Gasteiger partial charge in [0.15, 0.2) is 0 Å². The first-order chi connectivity index (χ1) is 10.2. The van der Waals surface area contributed by atoms with Crippen LogP contribution < -0.4 is 4.90 Å². The van der Waals surface area contributed by atoms with Crippen molar-refractivity contribution < 1.29 is 5.11 Å². The summed E-state index contributed by atoms with van der Waals surface area (Å²) in [6.07, 6.45) is 3.40. The van der Waals surface area contributed by atoms with Crippen LogP contribution in [0.3, 0.4) is 0 Å². The summed E-state index contributed by atoms with van der Waals surface area (Å²) in [5.74, 6) is 2.01. The first kappa shape index (κ1) is 14.0. The van der Waals surface area contributed by atoms with Crippen molar-refractivity contribution >= 4 is 5.82 Å². The number of aryl methyl sites for hydroxylation is 1. The molecule has 1 aromatic carbocycles. The lowest BCUT2D eigenvalue weighted by molar-refractivity contribution is 0.0927. The molecule has 0 spiro atoms. The quantitative estimate of drug-likeness (QED) is 0.938. The number of rotatable bonds is 3.